The Hall–Kier alpha value is -1.68. The summed E-state index contributed by atoms with van der Waals surface area (Å²) in [6.45, 7) is 9.70. The zero-order valence-electron chi connectivity index (χ0n) is 13.2. The molecule has 1 heterocycles. The Balaban J connectivity index is 2.14. The lowest BCUT2D eigenvalue weighted by atomic mass is 9.86. The summed E-state index contributed by atoms with van der Waals surface area (Å²) in [5.41, 5.74) is 1.63. The highest BCUT2D eigenvalue weighted by molar-refractivity contribution is 6.42. The van der Waals surface area contributed by atoms with Crippen LogP contribution in [0.25, 0.3) is 0 Å². The Morgan fingerprint density at radius 2 is 1.81 bits per heavy atom. The highest BCUT2D eigenvalue weighted by Gasteiger charge is 2.29. The molecule has 114 valence electrons. The van der Waals surface area contributed by atoms with Gasteiger partial charge in [-0.15, -0.1) is 0 Å². The topological polar surface area (TPSA) is 46.6 Å². The fraction of sp³-hybridized carbons (Fsp3) is 0.529. The average molecular weight is 289 g/mol. The lowest BCUT2D eigenvalue weighted by Gasteiger charge is -2.32. The molecule has 4 nitrogen and oxygen atoms in total. The van der Waals surface area contributed by atoms with Gasteiger partial charge in [-0.3, -0.25) is 9.59 Å². The van der Waals surface area contributed by atoms with E-state index >= 15 is 0 Å². The molecule has 0 N–H and O–H groups in total. The van der Waals surface area contributed by atoms with Crippen molar-refractivity contribution in [1.82, 2.24) is 4.90 Å². The molecule has 0 radical (unpaired) electrons. The first-order valence-corrected chi connectivity index (χ1v) is 7.34. The third-order valence-electron chi connectivity index (χ3n) is 3.84. The smallest absolute Gasteiger partial charge is 0.295 e. The van der Waals surface area contributed by atoms with Gasteiger partial charge in [0.25, 0.3) is 5.91 Å². The van der Waals surface area contributed by atoms with Crippen molar-refractivity contribution < 1.29 is 14.3 Å². The van der Waals surface area contributed by atoms with Gasteiger partial charge in [0.1, 0.15) is 0 Å². The monoisotopic (exact) mass is 289 g/mol. The Kier molecular flexibility index (Phi) is 4.47. The highest BCUT2D eigenvalue weighted by atomic mass is 16.5. The van der Waals surface area contributed by atoms with Crippen molar-refractivity contribution in [2.45, 2.75) is 39.2 Å². The number of carbonyl (C=O) groups is 2. The van der Waals surface area contributed by atoms with E-state index < -0.39 is 11.7 Å². The SMILES string of the molecule is C[C@@H]1COCCN1C(=O)C(=O)c1ccc(C(C)(C)C)cc1. The quantitative estimate of drug-likeness (QED) is 0.620. The second kappa shape index (κ2) is 5.98. The van der Waals surface area contributed by atoms with Gasteiger partial charge in [-0.05, 0) is 17.9 Å². The molecule has 2 rings (SSSR count). The third kappa shape index (κ3) is 3.50. The number of nitrogens with zero attached hydrogens (tertiary/aromatic N) is 1. The number of ether oxygens (including phenoxy) is 1. The Bertz CT molecular complexity index is 528. The minimum atomic E-state index is -0.441. The fourth-order valence-corrected chi connectivity index (χ4v) is 2.40. The molecule has 4 heteroatoms. The number of Topliss-reactive ketones (excluding diaryl/α,β-unsaturated/α-hetero) is 1. The highest BCUT2D eigenvalue weighted by Crippen LogP contribution is 2.22. The average Bonchev–Trinajstić information content (AvgIpc) is 2.45. The molecule has 0 aromatic heterocycles. The number of rotatable bonds is 2. The van der Waals surface area contributed by atoms with E-state index in [9.17, 15) is 9.59 Å². The molecule has 1 aromatic rings. The molecule has 1 saturated heterocycles. The van der Waals surface area contributed by atoms with Gasteiger partial charge in [0, 0.05) is 12.1 Å². The van der Waals surface area contributed by atoms with Gasteiger partial charge in [-0.1, -0.05) is 45.0 Å². The van der Waals surface area contributed by atoms with Crippen molar-refractivity contribution >= 4 is 11.7 Å². The molecule has 0 spiro atoms. The van der Waals surface area contributed by atoms with Gasteiger partial charge in [-0.25, -0.2) is 0 Å². The van der Waals surface area contributed by atoms with Crippen LogP contribution in [0.2, 0.25) is 0 Å². The van der Waals surface area contributed by atoms with E-state index in [0.717, 1.165) is 5.56 Å². The standard InChI is InChI=1S/C17H23NO3/c1-12-11-21-10-9-18(12)16(20)15(19)13-5-7-14(8-6-13)17(2,3)4/h5-8,12H,9-11H2,1-4H3/t12-/m1/s1. The Labute approximate surface area is 126 Å². The maximum absolute atomic E-state index is 12.3. The van der Waals surface area contributed by atoms with E-state index in [0.29, 0.717) is 25.3 Å². The van der Waals surface area contributed by atoms with E-state index in [1.54, 1.807) is 17.0 Å². The molecule has 1 amide bonds. The van der Waals surface area contributed by atoms with Gasteiger partial charge >= 0.3 is 0 Å². The van der Waals surface area contributed by atoms with E-state index in [1.807, 2.05) is 19.1 Å². The predicted octanol–water partition coefficient (Wildman–Crippen LogP) is 2.41. The van der Waals surface area contributed by atoms with Crippen LogP contribution in [-0.2, 0) is 14.9 Å². The van der Waals surface area contributed by atoms with Crippen molar-refractivity contribution in [3.05, 3.63) is 35.4 Å². The molecule has 0 bridgehead atoms. The van der Waals surface area contributed by atoms with Crippen molar-refractivity contribution in [2.24, 2.45) is 0 Å². The van der Waals surface area contributed by atoms with Crippen LogP contribution in [0.5, 0.6) is 0 Å². The maximum atomic E-state index is 12.3. The Morgan fingerprint density at radius 1 is 1.19 bits per heavy atom. The largest absolute Gasteiger partial charge is 0.377 e. The summed E-state index contributed by atoms with van der Waals surface area (Å²) in [6, 6.07) is 7.27. The van der Waals surface area contributed by atoms with Crippen LogP contribution in [0.3, 0.4) is 0 Å². The zero-order chi connectivity index (χ0) is 15.6. The van der Waals surface area contributed by atoms with Gasteiger partial charge in [-0.2, -0.15) is 0 Å². The number of hydrogen-bond donors (Lipinski definition) is 0. The molecular weight excluding hydrogens is 266 g/mol. The molecule has 1 aliphatic rings. The van der Waals surface area contributed by atoms with Crippen molar-refractivity contribution in [3.8, 4) is 0 Å². The normalized spacial score (nSPS) is 19.4. The number of hydrogen-bond acceptors (Lipinski definition) is 3. The lowest BCUT2D eigenvalue weighted by molar-refractivity contribution is -0.134. The molecule has 21 heavy (non-hydrogen) atoms. The maximum Gasteiger partial charge on any atom is 0.295 e. The Morgan fingerprint density at radius 3 is 2.33 bits per heavy atom. The molecule has 1 aliphatic heterocycles. The zero-order valence-corrected chi connectivity index (χ0v) is 13.2. The summed E-state index contributed by atoms with van der Waals surface area (Å²) < 4.78 is 5.30. The number of amides is 1. The first kappa shape index (κ1) is 15.7. The van der Waals surface area contributed by atoms with E-state index in [2.05, 4.69) is 20.8 Å². The summed E-state index contributed by atoms with van der Waals surface area (Å²) in [5, 5.41) is 0. The molecule has 1 aromatic carbocycles. The molecule has 1 fully saturated rings. The molecule has 0 unspecified atom stereocenters. The van der Waals surface area contributed by atoms with Crippen LogP contribution in [0.1, 0.15) is 43.6 Å². The summed E-state index contributed by atoms with van der Waals surface area (Å²) >= 11 is 0. The van der Waals surface area contributed by atoms with Gasteiger partial charge < -0.3 is 9.64 Å². The van der Waals surface area contributed by atoms with Gasteiger partial charge in [0.15, 0.2) is 0 Å². The van der Waals surface area contributed by atoms with Crippen LogP contribution in [0.4, 0.5) is 0 Å². The molecule has 1 atom stereocenters. The number of carbonyl (C=O) groups excluding carboxylic acids is 2. The third-order valence-corrected chi connectivity index (χ3v) is 3.84. The minimum Gasteiger partial charge on any atom is -0.377 e. The van der Waals surface area contributed by atoms with Crippen LogP contribution in [0.15, 0.2) is 24.3 Å². The van der Waals surface area contributed by atoms with Gasteiger partial charge in [0.05, 0.1) is 19.3 Å². The van der Waals surface area contributed by atoms with Crippen molar-refractivity contribution in [2.75, 3.05) is 19.8 Å². The van der Waals surface area contributed by atoms with Crippen LogP contribution in [-0.4, -0.2) is 42.4 Å². The van der Waals surface area contributed by atoms with E-state index in [1.165, 1.54) is 0 Å². The molecule has 0 saturated carbocycles. The van der Waals surface area contributed by atoms with Crippen LogP contribution >= 0.6 is 0 Å². The number of morpholine rings is 1. The first-order valence-electron chi connectivity index (χ1n) is 7.34. The number of benzene rings is 1. The number of ketones is 1. The van der Waals surface area contributed by atoms with Gasteiger partial charge in [0.2, 0.25) is 5.78 Å². The summed E-state index contributed by atoms with van der Waals surface area (Å²) in [6.07, 6.45) is 0. The summed E-state index contributed by atoms with van der Waals surface area (Å²) in [7, 11) is 0. The van der Waals surface area contributed by atoms with Crippen LogP contribution in [0, 0.1) is 0 Å². The first-order chi connectivity index (χ1) is 9.80. The summed E-state index contributed by atoms with van der Waals surface area (Å²) in [4.78, 5) is 26.2. The lowest BCUT2D eigenvalue weighted by Crippen LogP contribution is -2.49. The second-order valence-electron chi connectivity index (χ2n) is 6.58. The van der Waals surface area contributed by atoms with E-state index in [4.69, 9.17) is 4.74 Å². The second-order valence-corrected chi connectivity index (χ2v) is 6.58. The van der Waals surface area contributed by atoms with E-state index in [-0.39, 0.29) is 11.5 Å². The van der Waals surface area contributed by atoms with Crippen molar-refractivity contribution in [3.63, 3.8) is 0 Å². The molecular formula is C17H23NO3. The van der Waals surface area contributed by atoms with Crippen molar-refractivity contribution in [1.29, 1.82) is 0 Å². The molecule has 0 aliphatic carbocycles. The fourth-order valence-electron chi connectivity index (χ4n) is 2.40. The predicted molar refractivity (Wildman–Crippen MR) is 81.5 cm³/mol. The van der Waals surface area contributed by atoms with Crippen LogP contribution < -0.4 is 0 Å². The minimum absolute atomic E-state index is 0.0321. The summed E-state index contributed by atoms with van der Waals surface area (Å²) in [5.74, 6) is -0.876.